The van der Waals surface area contributed by atoms with Gasteiger partial charge in [0.15, 0.2) is 0 Å². The van der Waals surface area contributed by atoms with E-state index in [9.17, 15) is 13.2 Å². The van der Waals surface area contributed by atoms with Crippen molar-refractivity contribution >= 4 is 16.7 Å². The van der Waals surface area contributed by atoms with Gasteiger partial charge in [-0.05, 0) is 41.3 Å². The lowest BCUT2D eigenvalue weighted by Gasteiger charge is -2.17. The molecule has 4 rings (SSSR count). The first kappa shape index (κ1) is 23.6. The van der Waals surface area contributed by atoms with Crippen LogP contribution in [0.2, 0.25) is 0 Å². The minimum absolute atomic E-state index is 0.243. The second-order valence-electron chi connectivity index (χ2n) is 7.79. The normalized spacial score (nSPS) is 15.0. The zero-order valence-electron chi connectivity index (χ0n) is 18.0. The van der Waals surface area contributed by atoms with Crippen LogP contribution in [0, 0.1) is 0 Å². The second-order valence-corrected chi connectivity index (χ2v) is 7.79. The van der Waals surface area contributed by atoms with Gasteiger partial charge in [0.1, 0.15) is 17.4 Å². The van der Waals surface area contributed by atoms with Gasteiger partial charge >= 0.3 is 12.1 Å². The average molecular weight is 449 g/mol. The van der Waals surface area contributed by atoms with Crippen LogP contribution in [0.5, 0.6) is 5.75 Å². The first-order chi connectivity index (χ1) is 15.2. The quantitative estimate of drug-likeness (QED) is 0.584. The Morgan fingerprint density at radius 1 is 1.06 bits per heavy atom. The molecule has 0 unspecified atom stereocenters. The van der Waals surface area contributed by atoms with Crippen LogP contribution in [0.3, 0.4) is 0 Å². The minimum Gasteiger partial charge on any atom is -0.497 e. The summed E-state index contributed by atoms with van der Waals surface area (Å²) < 4.78 is 39.4. The fourth-order valence-corrected chi connectivity index (χ4v) is 3.79. The Bertz CT molecular complexity index is 1080. The van der Waals surface area contributed by atoms with E-state index in [1.165, 1.54) is 42.0 Å². The maximum atomic E-state index is 10.6. The minimum atomic E-state index is -5.08. The number of carbonyl (C=O) groups is 1. The third kappa shape index (κ3) is 5.57. The van der Waals surface area contributed by atoms with Crippen LogP contribution < -0.4 is 4.74 Å². The summed E-state index contributed by atoms with van der Waals surface area (Å²) in [5.74, 6) is 0.642. The van der Waals surface area contributed by atoms with Crippen LogP contribution in [0.4, 0.5) is 13.2 Å². The monoisotopic (exact) mass is 449 g/mol. The summed E-state index contributed by atoms with van der Waals surface area (Å²) >= 11 is 0. The van der Waals surface area contributed by atoms with Crippen molar-refractivity contribution in [2.24, 2.45) is 0 Å². The molecule has 0 fully saturated rings. The van der Waals surface area contributed by atoms with Crippen LogP contribution in [0.1, 0.15) is 55.7 Å². The molecule has 172 valence electrons. The zero-order valence-corrected chi connectivity index (χ0v) is 18.0. The van der Waals surface area contributed by atoms with Crippen molar-refractivity contribution in [1.29, 1.82) is 0 Å². The molecule has 1 atom stereocenters. The number of aliphatic carboxylic acids is 1. The summed E-state index contributed by atoms with van der Waals surface area (Å²) in [7, 11) is 1.71. The largest absolute Gasteiger partial charge is 0.497 e. The molecule has 32 heavy (non-hydrogen) atoms. The summed E-state index contributed by atoms with van der Waals surface area (Å²) in [5, 5.41) is 18.6. The Kier molecular flexibility index (Phi) is 7.37. The molecule has 3 aromatic rings. The number of halogens is 3. The summed E-state index contributed by atoms with van der Waals surface area (Å²) in [4.78, 5) is 8.90. The van der Waals surface area contributed by atoms with E-state index in [1.54, 1.807) is 7.11 Å². The van der Waals surface area contributed by atoms with E-state index < -0.39 is 12.1 Å². The van der Waals surface area contributed by atoms with Gasteiger partial charge in [0.25, 0.3) is 0 Å². The Hall–Kier alpha value is -3.10. The number of ether oxygens (including phenoxy) is 1. The summed E-state index contributed by atoms with van der Waals surface area (Å²) in [5.41, 5.74) is 1.29. The summed E-state index contributed by atoms with van der Waals surface area (Å²) in [6.07, 6.45) is 1.04. The summed E-state index contributed by atoms with van der Waals surface area (Å²) in [6, 6.07) is 12.9. The van der Waals surface area contributed by atoms with Gasteiger partial charge in [-0.15, -0.1) is 10.2 Å². The number of aryl methyl sites for hydroxylation is 1. The van der Waals surface area contributed by atoms with Gasteiger partial charge in [0, 0.05) is 18.9 Å². The van der Waals surface area contributed by atoms with E-state index in [2.05, 4.69) is 52.0 Å². The highest BCUT2D eigenvalue weighted by Gasteiger charge is 2.38. The fraction of sp³-hybridized carbons (Fsp3) is 0.435. The molecular formula is C23H26F3N3O3. The molecule has 6 nitrogen and oxygen atoms in total. The second kappa shape index (κ2) is 10.0. The number of hydrogen-bond donors (Lipinski definition) is 1. The van der Waals surface area contributed by atoms with E-state index >= 15 is 0 Å². The standard InChI is InChI=1S/C21H25N3O.C2HF3O2/c1-15(21-23-22-20-7-5-3-4-6-12-24(20)21)16-8-9-18-14-19(25-2)11-10-17(18)13-16;3-2(4,5)1(6)7/h8-11,13-15H,3-7,12H2,1-2H3;(H,6,7)/t15-;/m0./s1. The molecule has 0 bridgehead atoms. The van der Waals surface area contributed by atoms with Crippen molar-refractivity contribution in [3.8, 4) is 5.75 Å². The lowest BCUT2D eigenvalue weighted by Crippen LogP contribution is -2.21. The van der Waals surface area contributed by atoms with E-state index in [-0.39, 0.29) is 5.92 Å². The van der Waals surface area contributed by atoms with Crippen molar-refractivity contribution in [2.45, 2.75) is 57.7 Å². The highest BCUT2D eigenvalue weighted by molar-refractivity contribution is 5.84. The van der Waals surface area contributed by atoms with Gasteiger partial charge in [-0.1, -0.05) is 44.0 Å². The SMILES string of the molecule is COc1ccc2cc([C@H](C)c3nnc4n3CCCCCC4)ccc2c1.O=C(O)C(F)(F)F. The number of carboxylic acid groups (broad SMARTS) is 1. The van der Waals surface area contributed by atoms with Crippen molar-refractivity contribution in [3.63, 3.8) is 0 Å². The molecule has 1 aromatic heterocycles. The van der Waals surface area contributed by atoms with Gasteiger partial charge in [0.05, 0.1) is 7.11 Å². The molecule has 0 amide bonds. The molecule has 0 saturated carbocycles. The third-order valence-electron chi connectivity index (χ3n) is 5.59. The first-order valence-corrected chi connectivity index (χ1v) is 10.5. The van der Waals surface area contributed by atoms with Gasteiger partial charge in [-0.2, -0.15) is 13.2 Å². The van der Waals surface area contributed by atoms with Crippen LogP contribution in [0.15, 0.2) is 36.4 Å². The van der Waals surface area contributed by atoms with E-state index in [1.807, 2.05) is 6.07 Å². The number of methoxy groups -OCH3 is 1. The van der Waals surface area contributed by atoms with E-state index in [0.717, 1.165) is 30.4 Å². The molecule has 1 aliphatic rings. The maximum absolute atomic E-state index is 10.6. The van der Waals surface area contributed by atoms with Crippen LogP contribution >= 0.6 is 0 Å². The van der Waals surface area contributed by atoms with Crippen molar-refractivity contribution < 1.29 is 27.8 Å². The zero-order chi connectivity index (χ0) is 23.3. The molecule has 0 radical (unpaired) electrons. The van der Waals surface area contributed by atoms with Crippen molar-refractivity contribution in [2.75, 3.05) is 7.11 Å². The molecule has 2 heterocycles. The van der Waals surface area contributed by atoms with Crippen molar-refractivity contribution in [3.05, 3.63) is 53.6 Å². The number of benzene rings is 2. The van der Waals surface area contributed by atoms with Crippen LogP contribution in [-0.4, -0.2) is 39.1 Å². The molecule has 9 heteroatoms. The highest BCUT2D eigenvalue weighted by Crippen LogP contribution is 2.29. The Morgan fingerprint density at radius 2 is 1.72 bits per heavy atom. The lowest BCUT2D eigenvalue weighted by molar-refractivity contribution is -0.192. The number of alkyl halides is 3. The number of nitrogens with zero attached hydrogens (tertiary/aromatic N) is 3. The van der Waals surface area contributed by atoms with Crippen LogP contribution in [0.25, 0.3) is 10.8 Å². The van der Waals surface area contributed by atoms with Gasteiger partial charge in [-0.25, -0.2) is 4.79 Å². The number of aromatic nitrogens is 3. The maximum Gasteiger partial charge on any atom is 0.490 e. The van der Waals surface area contributed by atoms with E-state index in [0.29, 0.717) is 0 Å². The number of carboxylic acids is 1. The third-order valence-corrected chi connectivity index (χ3v) is 5.59. The van der Waals surface area contributed by atoms with E-state index in [4.69, 9.17) is 14.6 Å². The average Bonchev–Trinajstić information content (AvgIpc) is 3.13. The predicted molar refractivity (Wildman–Crippen MR) is 114 cm³/mol. The molecule has 2 aromatic carbocycles. The number of rotatable bonds is 3. The van der Waals surface area contributed by atoms with Gasteiger partial charge in [-0.3, -0.25) is 0 Å². The first-order valence-electron chi connectivity index (χ1n) is 10.5. The van der Waals surface area contributed by atoms with Gasteiger partial charge < -0.3 is 14.4 Å². The smallest absolute Gasteiger partial charge is 0.490 e. The molecule has 1 aliphatic heterocycles. The van der Waals surface area contributed by atoms with Crippen LogP contribution in [-0.2, 0) is 17.8 Å². The molecular weight excluding hydrogens is 423 g/mol. The topological polar surface area (TPSA) is 77.2 Å². The Balaban J connectivity index is 0.000000360. The Morgan fingerprint density at radius 3 is 2.41 bits per heavy atom. The number of hydrogen-bond acceptors (Lipinski definition) is 4. The summed E-state index contributed by atoms with van der Waals surface area (Å²) in [6.45, 7) is 3.29. The van der Waals surface area contributed by atoms with Crippen molar-refractivity contribution in [1.82, 2.24) is 14.8 Å². The molecule has 0 saturated heterocycles. The fourth-order valence-electron chi connectivity index (χ4n) is 3.79. The number of fused-ring (bicyclic) bond motifs is 2. The Labute approximate surface area is 184 Å². The predicted octanol–water partition coefficient (Wildman–Crippen LogP) is 5.34. The highest BCUT2D eigenvalue weighted by atomic mass is 19.4. The van der Waals surface area contributed by atoms with Gasteiger partial charge in [0.2, 0.25) is 0 Å². The lowest BCUT2D eigenvalue weighted by atomic mass is 9.96. The molecule has 0 spiro atoms. The molecule has 1 N–H and O–H groups in total. The molecule has 0 aliphatic carbocycles.